The van der Waals surface area contributed by atoms with Crippen molar-refractivity contribution in [3.63, 3.8) is 0 Å². The van der Waals surface area contributed by atoms with Gasteiger partial charge >= 0.3 is 12.0 Å². The zero-order valence-electron chi connectivity index (χ0n) is 10.8. The number of carboxylic acid groups (broad SMARTS) is 1. The Labute approximate surface area is 106 Å². The van der Waals surface area contributed by atoms with Crippen molar-refractivity contribution in [2.24, 2.45) is 0 Å². The largest absolute Gasteiger partial charge is 0.480 e. The maximum atomic E-state index is 11.6. The molecule has 3 N–H and O–H groups in total. The second-order valence-corrected chi connectivity index (χ2v) is 4.40. The zero-order valence-corrected chi connectivity index (χ0v) is 10.8. The molecule has 0 radical (unpaired) electrons. The second-order valence-electron chi connectivity index (χ2n) is 4.40. The van der Waals surface area contributed by atoms with Crippen molar-refractivity contribution >= 4 is 17.7 Å². The number of carbonyl (C=O) groups is 2. The molecule has 0 atom stereocenters. The van der Waals surface area contributed by atoms with Crippen LogP contribution in [0.2, 0.25) is 0 Å². The first-order chi connectivity index (χ1) is 8.41. The van der Waals surface area contributed by atoms with Crippen LogP contribution in [0.3, 0.4) is 0 Å². The standard InChI is InChI=1S/C13H18N2O3/c1-8(2)10-6-4-5-9(3)12(10)15-13(18)14-7-11(16)17/h4-6,8H,7H2,1-3H3,(H,16,17)(H2,14,15,18). The molecule has 0 bridgehead atoms. The predicted molar refractivity (Wildman–Crippen MR) is 69.9 cm³/mol. The van der Waals surface area contributed by atoms with E-state index < -0.39 is 18.5 Å². The lowest BCUT2D eigenvalue weighted by atomic mass is 9.98. The maximum Gasteiger partial charge on any atom is 0.323 e. The third-order valence-electron chi connectivity index (χ3n) is 2.57. The molecule has 0 unspecified atom stereocenters. The molecule has 0 saturated carbocycles. The van der Waals surface area contributed by atoms with E-state index in [1.54, 1.807) is 0 Å². The van der Waals surface area contributed by atoms with Crippen molar-refractivity contribution in [3.05, 3.63) is 29.3 Å². The summed E-state index contributed by atoms with van der Waals surface area (Å²) in [5, 5.41) is 13.5. The molecule has 2 amide bonds. The number of para-hydroxylation sites is 1. The number of anilines is 1. The average Bonchev–Trinajstić information content (AvgIpc) is 2.28. The van der Waals surface area contributed by atoms with Gasteiger partial charge in [-0.05, 0) is 24.0 Å². The predicted octanol–water partition coefficient (Wildman–Crippen LogP) is 2.32. The van der Waals surface area contributed by atoms with Crippen LogP contribution in [-0.4, -0.2) is 23.7 Å². The summed E-state index contributed by atoms with van der Waals surface area (Å²) in [6, 6.07) is 5.28. The minimum Gasteiger partial charge on any atom is -0.480 e. The number of hydrogen-bond donors (Lipinski definition) is 3. The smallest absolute Gasteiger partial charge is 0.323 e. The fourth-order valence-electron chi connectivity index (χ4n) is 1.66. The molecule has 0 aromatic heterocycles. The highest BCUT2D eigenvalue weighted by Crippen LogP contribution is 2.27. The van der Waals surface area contributed by atoms with Gasteiger partial charge < -0.3 is 15.7 Å². The van der Waals surface area contributed by atoms with E-state index in [2.05, 4.69) is 10.6 Å². The van der Waals surface area contributed by atoms with Crippen LogP contribution in [0.25, 0.3) is 0 Å². The summed E-state index contributed by atoms with van der Waals surface area (Å²) < 4.78 is 0. The molecule has 0 aliphatic rings. The summed E-state index contributed by atoms with van der Waals surface area (Å²) in [7, 11) is 0. The Bertz CT molecular complexity index is 456. The molecule has 0 heterocycles. The summed E-state index contributed by atoms with van der Waals surface area (Å²) in [5.74, 6) is -0.793. The van der Waals surface area contributed by atoms with E-state index in [1.165, 1.54) is 0 Å². The minimum atomic E-state index is -1.07. The molecule has 18 heavy (non-hydrogen) atoms. The normalized spacial score (nSPS) is 10.2. The number of urea groups is 1. The van der Waals surface area contributed by atoms with Gasteiger partial charge in [0, 0.05) is 5.69 Å². The lowest BCUT2D eigenvalue weighted by Gasteiger charge is -2.16. The quantitative estimate of drug-likeness (QED) is 0.767. The van der Waals surface area contributed by atoms with Gasteiger partial charge in [0.05, 0.1) is 0 Å². The Morgan fingerprint density at radius 2 is 2.00 bits per heavy atom. The molecule has 0 aliphatic heterocycles. The number of hydrogen-bond acceptors (Lipinski definition) is 2. The molecule has 0 spiro atoms. The Hall–Kier alpha value is -2.04. The molecule has 1 rings (SSSR count). The highest BCUT2D eigenvalue weighted by atomic mass is 16.4. The van der Waals surface area contributed by atoms with Crippen LogP contribution >= 0.6 is 0 Å². The molecule has 0 fully saturated rings. The number of nitrogens with one attached hydrogen (secondary N) is 2. The highest BCUT2D eigenvalue weighted by molar-refractivity contribution is 5.92. The summed E-state index contributed by atoms with van der Waals surface area (Å²) in [6.45, 7) is 5.58. The molecule has 5 nitrogen and oxygen atoms in total. The first kappa shape index (κ1) is 14.0. The van der Waals surface area contributed by atoms with Crippen molar-refractivity contribution < 1.29 is 14.7 Å². The van der Waals surface area contributed by atoms with Crippen LogP contribution in [0.1, 0.15) is 30.9 Å². The minimum absolute atomic E-state index is 0.277. The van der Waals surface area contributed by atoms with Crippen molar-refractivity contribution in [1.29, 1.82) is 0 Å². The molecular formula is C13H18N2O3. The van der Waals surface area contributed by atoms with Crippen molar-refractivity contribution in [2.45, 2.75) is 26.7 Å². The first-order valence-corrected chi connectivity index (χ1v) is 5.78. The third-order valence-corrected chi connectivity index (χ3v) is 2.57. The van der Waals surface area contributed by atoms with Gasteiger partial charge in [0.15, 0.2) is 0 Å². The number of aliphatic carboxylic acids is 1. The molecule has 1 aromatic carbocycles. The Balaban J connectivity index is 2.83. The fourth-order valence-corrected chi connectivity index (χ4v) is 1.66. The van der Waals surface area contributed by atoms with Gasteiger partial charge in [0.1, 0.15) is 6.54 Å². The number of carboxylic acids is 1. The average molecular weight is 250 g/mol. The topological polar surface area (TPSA) is 78.4 Å². The van der Waals surface area contributed by atoms with Gasteiger partial charge in [-0.25, -0.2) is 4.79 Å². The molecule has 98 valence electrons. The van der Waals surface area contributed by atoms with E-state index >= 15 is 0 Å². The van der Waals surface area contributed by atoms with Crippen molar-refractivity contribution in [3.8, 4) is 0 Å². The first-order valence-electron chi connectivity index (χ1n) is 5.78. The van der Waals surface area contributed by atoms with E-state index in [0.717, 1.165) is 16.8 Å². The van der Waals surface area contributed by atoms with E-state index in [4.69, 9.17) is 5.11 Å². The Kier molecular flexibility index (Phi) is 4.71. The lowest BCUT2D eigenvalue weighted by molar-refractivity contribution is -0.135. The lowest BCUT2D eigenvalue weighted by Crippen LogP contribution is -2.33. The zero-order chi connectivity index (χ0) is 13.7. The van der Waals surface area contributed by atoms with Crippen LogP contribution in [0.4, 0.5) is 10.5 Å². The van der Waals surface area contributed by atoms with Crippen molar-refractivity contribution in [1.82, 2.24) is 5.32 Å². The third kappa shape index (κ3) is 3.76. The van der Waals surface area contributed by atoms with Crippen LogP contribution < -0.4 is 10.6 Å². The van der Waals surface area contributed by atoms with Gasteiger partial charge in [0.25, 0.3) is 0 Å². The van der Waals surface area contributed by atoms with Gasteiger partial charge in [-0.15, -0.1) is 0 Å². The fraction of sp³-hybridized carbons (Fsp3) is 0.385. The van der Waals surface area contributed by atoms with Gasteiger partial charge in [-0.3, -0.25) is 4.79 Å². The van der Waals surface area contributed by atoms with Gasteiger partial charge in [0.2, 0.25) is 0 Å². The monoisotopic (exact) mass is 250 g/mol. The molecule has 5 heteroatoms. The second kappa shape index (κ2) is 6.05. The maximum absolute atomic E-state index is 11.6. The van der Waals surface area contributed by atoms with E-state index in [9.17, 15) is 9.59 Å². The number of benzene rings is 1. The number of rotatable bonds is 4. The van der Waals surface area contributed by atoms with Crippen LogP contribution in [0.15, 0.2) is 18.2 Å². The summed E-state index contributed by atoms with van der Waals surface area (Å²) in [6.07, 6.45) is 0. The molecular weight excluding hydrogens is 232 g/mol. The number of carbonyl (C=O) groups excluding carboxylic acids is 1. The number of aryl methyl sites for hydroxylation is 1. The molecule has 0 saturated heterocycles. The Morgan fingerprint density at radius 1 is 1.33 bits per heavy atom. The summed E-state index contributed by atoms with van der Waals surface area (Å²) in [4.78, 5) is 21.9. The SMILES string of the molecule is Cc1cccc(C(C)C)c1NC(=O)NCC(=O)O. The van der Waals surface area contributed by atoms with Gasteiger partial charge in [-0.1, -0.05) is 32.0 Å². The highest BCUT2D eigenvalue weighted by Gasteiger charge is 2.12. The summed E-state index contributed by atoms with van der Waals surface area (Å²) >= 11 is 0. The van der Waals surface area contributed by atoms with E-state index in [1.807, 2.05) is 39.0 Å². The van der Waals surface area contributed by atoms with Gasteiger partial charge in [-0.2, -0.15) is 0 Å². The van der Waals surface area contributed by atoms with Crippen LogP contribution in [0.5, 0.6) is 0 Å². The van der Waals surface area contributed by atoms with Crippen LogP contribution in [0, 0.1) is 6.92 Å². The van der Waals surface area contributed by atoms with Crippen molar-refractivity contribution in [2.75, 3.05) is 11.9 Å². The molecule has 1 aromatic rings. The summed E-state index contributed by atoms with van der Waals surface area (Å²) in [5.41, 5.74) is 2.72. The van der Waals surface area contributed by atoms with E-state index in [-0.39, 0.29) is 5.92 Å². The molecule has 0 aliphatic carbocycles. The Morgan fingerprint density at radius 3 is 2.56 bits per heavy atom. The number of amides is 2. The van der Waals surface area contributed by atoms with E-state index in [0.29, 0.717) is 0 Å². The van der Waals surface area contributed by atoms with Crippen LogP contribution in [-0.2, 0) is 4.79 Å².